The first-order chi connectivity index (χ1) is 14.2. The van der Waals surface area contributed by atoms with Gasteiger partial charge in [0.25, 0.3) is 0 Å². The average molecular weight is 411 g/mol. The Morgan fingerprint density at radius 3 is 0.833 bits per heavy atom. The molecular weight excluding hydrogens is 360 g/mol. The Labute approximate surface area is 189 Å². The molecule has 0 unspecified atom stereocenters. The number of rotatable bonds is 15. The van der Waals surface area contributed by atoms with Gasteiger partial charge in [-0.15, -0.1) is 0 Å². The van der Waals surface area contributed by atoms with E-state index in [0.29, 0.717) is 0 Å². The highest BCUT2D eigenvalue weighted by atomic mass is 14.0. The second kappa shape index (κ2) is 18.2. The monoisotopic (exact) mass is 410 g/mol. The molecule has 0 radical (unpaired) electrons. The first-order valence-electron chi connectivity index (χ1n) is 12.1. The van der Waals surface area contributed by atoms with E-state index in [1.807, 2.05) is 0 Å². The molecule has 0 fully saturated rings. The Kier molecular flexibility index (Phi) is 17.3. The molecule has 0 nitrogen and oxygen atoms in total. The molecule has 0 rings (SSSR count). The summed E-state index contributed by atoms with van der Waals surface area (Å²) in [5, 5.41) is 0. The highest BCUT2D eigenvalue weighted by molar-refractivity contribution is 5.08. The maximum Gasteiger partial charge on any atom is -0.0288 e. The van der Waals surface area contributed by atoms with Crippen molar-refractivity contribution in [3.63, 3.8) is 0 Å². The van der Waals surface area contributed by atoms with E-state index in [4.69, 9.17) is 0 Å². The second-order valence-corrected chi connectivity index (χ2v) is 9.50. The minimum Gasteiger partial charge on any atom is -0.0856 e. The van der Waals surface area contributed by atoms with Crippen molar-refractivity contribution in [2.75, 3.05) is 0 Å². The van der Waals surface area contributed by atoms with Crippen LogP contribution < -0.4 is 0 Å². The van der Waals surface area contributed by atoms with Crippen LogP contribution in [0.4, 0.5) is 0 Å². The molecule has 0 aliphatic heterocycles. The summed E-state index contributed by atoms with van der Waals surface area (Å²) in [5.41, 5.74) is 8.97. The van der Waals surface area contributed by atoms with Crippen LogP contribution in [-0.4, -0.2) is 0 Å². The summed E-state index contributed by atoms with van der Waals surface area (Å²) in [7, 11) is 0. The molecule has 0 aliphatic carbocycles. The molecule has 0 spiro atoms. The molecule has 170 valence electrons. The van der Waals surface area contributed by atoms with Crippen molar-refractivity contribution >= 4 is 0 Å². The van der Waals surface area contributed by atoms with Crippen LogP contribution in [0.5, 0.6) is 0 Å². The number of allylic oxidation sites excluding steroid dienone is 12. The summed E-state index contributed by atoms with van der Waals surface area (Å²) >= 11 is 0. The van der Waals surface area contributed by atoms with Crippen LogP contribution in [0.25, 0.3) is 0 Å². The van der Waals surface area contributed by atoms with Crippen molar-refractivity contribution in [2.24, 2.45) is 0 Å². The predicted molar refractivity (Wildman–Crippen MR) is 140 cm³/mol. The summed E-state index contributed by atoms with van der Waals surface area (Å²) in [6.45, 7) is 17.8. The molecule has 0 aromatic carbocycles. The Morgan fingerprint density at radius 2 is 0.567 bits per heavy atom. The van der Waals surface area contributed by atoms with Crippen LogP contribution in [0.15, 0.2) is 69.9 Å². The highest BCUT2D eigenvalue weighted by Gasteiger charge is 1.94. The number of hydrogen-bond donors (Lipinski definition) is 0. The Bertz CT molecular complexity index is 578. The summed E-state index contributed by atoms with van der Waals surface area (Å²) in [6.07, 6.45) is 26.2. The van der Waals surface area contributed by atoms with Crippen molar-refractivity contribution in [1.29, 1.82) is 0 Å². The molecule has 0 heterocycles. The Hall–Kier alpha value is -1.56. The van der Waals surface area contributed by atoms with Gasteiger partial charge in [0.15, 0.2) is 0 Å². The van der Waals surface area contributed by atoms with Gasteiger partial charge in [-0.3, -0.25) is 0 Å². The van der Waals surface area contributed by atoms with Gasteiger partial charge in [-0.1, -0.05) is 69.9 Å². The standard InChI is InChI=1S/C30H50/c1-25(2)15-11-19-29(7)23-13-21-27(5)17-9-10-18-28(6)22-14-24-30(8)20-12-16-26(3)4/h15-18,23-24H,9-14,19-22H2,1-8H3/b27-17+,28-18?,29-23+,30-24+. The zero-order valence-corrected chi connectivity index (χ0v) is 21.5. The van der Waals surface area contributed by atoms with Crippen LogP contribution in [-0.2, 0) is 0 Å². The van der Waals surface area contributed by atoms with E-state index in [1.165, 1.54) is 97.6 Å². The normalized spacial score (nSPS) is 13.5. The average Bonchev–Trinajstić information content (AvgIpc) is 2.64. The summed E-state index contributed by atoms with van der Waals surface area (Å²) in [4.78, 5) is 0. The van der Waals surface area contributed by atoms with E-state index in [0.717, 1.165) is 0 Å². The third kappa shape index (κ3) is 19.7. The van der Waals surface area contributed by atoms with Crippen LogP contribution in [0, 0.1) is 0 Å². The first-order valence-corrected chi connectivity index (χ1v) is 12.1. The highest BCUT2D eigenvalue weighted by Crippen LogP contribution is 2.14. The lowest BCUT2D eigenvalue weighted by Gasteiger charge is -2.02. The number of unbranched alkanes of at least 4 members (excludes halogenated alkanes) is 1. The van der Waals surface area contributed by atoms with Gasteiger partial charge in [0, 0.05) is 0 Å². The third-order valence-electron chi connectivity index (χ3n) is 5.40. The zero-order valence-electron chi connectivity index (χ0n) is 21.5. The van der Waals surface area contributed by atoms with E-state index in [1.54, 1.807) is 0 Å². The summed E-state index contributed by atoms with van der Waals surface area (Å²) < 4.78 is 0. The molecule has 0 heteroatoms. The lowest BCUT2D eigenvalue weighted by molar-refractivity contribution is 0.896. The van der Waals surface area contributed by atoms with E-state index in [2.05, 4.69) is 91.8 Å². The van der Waals surface area contributed by atoms with Gasteiger partial charge < -0.3 is 0 Å². The largest absolute Gasteiger partial charge is 0.0856 e. The lowest BCUT2D eigenvalue weighted by atomic mass is 10.0. The van der Waals surface area contributed by atoms with Crippen molar-refractivity contribution in [3.8, 4) is 0 Å². The summed E-state index contributed by atoms with van der Waals surface area (Å²) in [6, 6.07) is 0. The van der Waals surface area contributed by atoms with Gasteiger partial charge in [0.1, 0.15) is 0 Å². The molecule has 0 aliphatic rings. The maximum atomic E-state index is 2.43. The molecule has 0 saturated carbocycles. The lowest BCUT2D eigenvalue weighted by Crippen LogP contribution is -1.82. The van der Waals surface area contributed by atoms with Crippen LogP contribution in [0.1, 0.15) is 120 Å². The molecule has 0 aromatic heterocycles. The van der Waals surface area contributed by atoms with E-state index < -0.39 is 0 Å². The Morgan fingerprint density at radius 1 is 0.333 bits per heavy atom. The van der Waals surface area contributed by atoms with E-state index >= 15 is 0 Å². The predicted octanol–water partition coefficient (Wildman–Crippen LogP) is 10.6. The van der Waals surface area contributed by atoms with Gasteiger partial charge >= 0.3 is 0 Å². The first kappa shape index (κ1) is 28.4. The molecule has 0 bridgehead atoms. The van der Waals surface area contributed by atoms with Crippen LogP contribution >= 0.6 is 0 Å². The van der Waals surface area contributed by atoms with Gasteiger partial charge in [-0.25, -0.2) is 0 Å². The van der Waals surface area contributed by atoms with Crippen molar-refractivity contribution < 1.29 is 0 Å². The molecule has 30 heavy (non-hydrogen) atoms. The topological polar surface area (TPSA) is 0 Å². The number of hydrogen-bond acceptors (Lipinski definition) is 0. The second-order valence-electron chi connectivity index (χ2n) is 9.50. The van der Waals surface area contributed by atoms with Gasteiger partial charge in [0.05, 0.1) is 0 Å². The Balaban J connectivity index is 4.05. The van der Waals surface area contributed by atoms with Crippen molar-refractivity contribution in [3.05, 3.63) is 69.9 Å². The third-order valence-corrected chi connectivity index (χ3v) is 5.40. The SMILES string of the molecule is CC(C)=CCC/C(C)=C/CCC(C)=CCC/C=C(\C)CC/C=C(\C)CCC=C(C)C. The molecule has 0 saturated heterocycles. The van der Waals surface area contributed by atoms with Crippen molar-refractivity contribution in [2.45, 2.75) is 120 Å². The molecule has 0 amide bonds. The maximum absolute atomic E-state index is 2.43. The smallest absolute Gasteiger partial charge is 0.0288 e. The van der Waals surface area contributed by atoms with E-state index in [-0.39, 0.29) is 0 Å². The zero-order chi connectivity index (χ0) is 22.8. The fraction of sp³-hybridized carbons (Fsp3) is 0.600. The van der Waals surface area contributed by atoms with Crippen LogP contribution in [0.3, 0.4) is 0 Å². The van der Waals surface area contributed by atoms with Crippen LogP contribution in [0.2, 0.25) is 0 Å². The van der Waals surface area contributed by atoms with Gasteiger partial charge in [-0.05, 0) is 120 Å². The fourth-order valence-electron chi connectivity index (χ4n) is 3.34. The van der Waals surface area contributed by atoms with Crippen molar-refractivity contribution in [1.82, 2.24) is 0 Å². The minimum atomic E-state index is 1.17. The summed E-state index contributed by atoms with van der Waals surface area (Å²) in [5.74, 6) is 0. The molecular formula is C30H50. The fourth-order valence-corrected chi connectivity index (χ4v) is 3.34. The molecule has 0 N–H and O–H groups in total. The minimum absolute atomic E-state index is 1.17. The van der Waals surface area contributed by atoms with Gasteiger partial charge in [-0.2, -0.15) is 0 Å². The van der Waals surface area contributed by atoms with E-state index in [9.17, 15) is 0 Å². The molecule has 0 aromatic rings. The quantitative estimate of drug-likeness (QED) is 0.186. The van der Waals surface area contributed by atoms with Gasteiger partial charge in [0.2, 0.25) is 0 Å². The molecule has 0 atom stereocenters.